The van der Waals surface area contributed by atoms with E-state index < -0.39 is 0 Å². The molecule has 8 nitrogen and oxygen atoms in total. The number of ether oxygens (including phenoxy) is 1. The van der Waals surface area contributed by atoms with Gasteiger partial charge in [0.05, 0.1) is 18.6 Å². The van der Waals surface area contributed by atoms with Crippen LogP contribution in [0, 0.1) is 0 Å². The Hall–Kier alpha value is -3.03. The maximum absolute atomic E-state index is 5.77. The smallest absolute Gasteiger partial charge is 0.156 e. The third kappa shape index (κ3) is 2.78. The summed E-state index contributed by atoms with van der Waals surface area (Å²) in [4.78, 5) is 18.7. The van der Waals surface area contributed by atoms with Crippen LogP contribution in [0.4, 0.5) is 5.82 Å². The molecule has 0 amide bonds. The maximum atomic E-state index is 5.77. The Bertz CT molecular complexity index is 819. The average molecular weight is 323 g/mol. The van der Waals surface area contributed by atoms with Gasteiger partial charge in [-0.05, 0) is 0 Å². The summed E-state index contributed by atoms with van der Waals surface area (Å²) < 4.78 is 7.71. The van der Waals surface area contributed by atoms with E-state index in [1.165, 1.54) is 17.6 Å². The van der Waals surface area contributed by atoms with Gasteiger partial charge in [-0.15, -0.1) is 0 Å². The Kier molecular flexibility index (Phi) is 3.78. The van der Waals surface area contributed by atoms with Crippen molar-refractivity contribution in [3.8, 4) is 5.75 Å². The molecule has 3 aromatic heterocycles. The quantitative estimate of drug-likeness (QED) is 0.712. The lowest BCUT2D eigenvalue weighted by molar-refractivity contribution is 0.296. The maximum Gasteiger partial charge on any atom is 0.156 e. The number of aromatic nitrogens is 6. The van der Waals surface area contributed by atoms with Gasteiger partial charge >= 0.3 is 0 Å². The summed E-state index contributed by atoms with van der Waals surface area (Å²) in [5.41, 5.74) is 3.38. The van der Waals surface area contributed by atoms with Crippen LogP contribution in [0.2, 0.25) is 0 Å². The molecule has 0 N–H and O–H groups in total. The van der Waals surface area contributed by atoms with E-state index in [0.29, 0.717) is 12.4 Å². The molecule has 3 aromatic rings. The first kappa shape index (κ1) is 14.6. The fraction of sp³-hybridized carbons (Fsp3) is 0.312. The van der Waals surface area contributed by atoms with Crippen LogP contribution in [0.1, 0.15) is 17.0 Å². The van der Waals surface area contributed by atoms with Gasteiger partial charge in [0.2, 0.25) is 0 Å². The van der Waals surface area contributed by atoms with Gasteiger partial charge in [0.1, 0.15) is 24.4 Å². The highest BCUT2D eigenvalue weighted by Gasteiger charge is 2.24. The van der Waals surface area contributed by atoms with Gasteiger partial charge in [0, 0.05) is 50.2 Å². The van der Waals surface area contributed by atoms with Crippen LogP contribution in [-0.4, -0.2) is 36.3 Å². The van der Waals surface area contributed by atoms with Crippen molar-refractivity contribution in [2.45, 2.75) is 19.6 Å². The van der Waals surface area contributed by atoms with Gasteiger partial charge in [0.15, 0.2) is 5.75 Å². The number of fused-ring (bicyclic) bond motifs is 1. The molecule has 1 aliphatic rings. The fourth-order valence-corrected chi connectivity index (χ4v) is 2.95. The molecule has 0 unspecified atom stereocenters. The predicted octanol–water partition coefficient (Wildman–Crippen LogP) is 1.14. The standard InChI is InChI=1S/C16H17N7O/c1-22-15-2-5-23(16-8-17-3-4-20-16)9-13(15)14(21-22)10-24-12-6-18-11-19-7-12/h3-4,6-8,11H,2,5,9-10H2,1H3. The lowest BCUT2D eigenvalue weighted by atomic mass is 10.1. The molecule has 1 aliphatic heterocycles. The van der Waals surface area contributed by atoms with Crippen LogP contribution >= 0.6 is 0 Å². The van der Waals surface area contributed by atoms with E-state index in [4.69, 9.17) is 4.74 Å². The summed E-state index contributed by atoms with van der Waals surface area (Å²) in [6, 6.07) is 0. The van der Waals surface area contributed by atoms with E-state index >= 15 is 0 Å². The molecule has 0 spiro atoms. The third-order valence-corrected chi connectivity index (χ3v) is 4.11. The molecule has 0 saturated carbocycles. The zero-order chi connectivity index (χ0) is 16.4. The number of hydrogen-bond acceptors (Lipinski definition) is 7. The largest absolute Gasteiger partial charge is 0.484 e. The zero-order valence-electron chi connectivity index (χ0n) is 13.3. The second-order valence-electron chi connectivity index (χ2n) is 5.59. The SMILES string of the molecule is Cn1nc(COc2cncnc2)c2c1CCN(c1cnccn1)C2. The van der Waals surface area contributed by atoms with Crippen LogP contribution < -0.4 is 9.64 Å². The van der Waals surface area contributed by atoms with Crippen LogP contribution in [0.3, 0.4) is 0 Å². The van der Waals surface area contributed by atoms with Crippen LogP contribution in [-0.2, 0) is 26.6 Å². The summed E-state index contributed by atoms with van der Waals surface area (Å²) >= 11 is 0. The van der Waals surface area contributed by atoms with E-state index in [1.807, 2.05) is 11.7 Å². The van der Waals surface area contributed by atoms with E-state index in [1.54, 1.807) is 31.0 Å². The lowest BCUT2D eigenvalue weighted by Crippen LogP contribution is -2.31. The monoisotopic (exact) mass is 323 g/mol. The molecular weight excluding hydrogens is 306 g/mol. The minimum atomic E-state index is 0.394. The van der Waals surface area contributed by atoms with Crippen molar-refractivity contribution in [2.75, 3.05) is 11.4 Å². The molecule has 4 heterocycles. The van der Waals surface area contributed by atoms with Crippen molar-refractivity contribution >= 4 is 5.82 Å². The zero-order valence-corrected chi connectivity index (χ0v) is 13.3. The van der Waals surface area contributed by atoms with Gasteiger partial charge in [-0.1, -0.05) is 0 Å². The Morgan fingerprint density at radius 3 is 2.79 bits per heavy atom. The van der Waals surface area contributed by atoms with Crippen molar-refractivity contribution in [3.63, 3.8) is 0 Å². The number of anilines is 1. The topological polar surface area (TPSA) is 81.9 Å². The van der Waals surface area contributed by atoms with Crippen LogP contribution in [0.5, 0.6) is 5.75 Å². The van der Waals surface area contributed by atoms with E-state index in [-0.39, 0.29) is 0 Å². The Balaban J connectivity index is 1.55. The highest BCUT2D eigenvalue weighted by Crippen LogP contribution is 2.25. The normalized spacial score (nSPS) is 13.6. The molecule has 122 valence electrons. The van der Waals surface area contributed by atoms with Gasteiger partial charge in [-0.25, -0.2) is 15.0 Å². The Morgan fingerprint density at radius 1 is 1.12 bits per heavy atom. The average Bonchev–Trinajstić information content (AvgIpc) is 2.97. The highest BCUT2D eigenvalue weighted by atomic mass is 16.5. The number of rotatable bonds is 4. The van der Waals surface area contributed by atoms with Crippen molar-refractivity contribution in [1.29, 1.82) is 0 Å². The van der Waals surface area contributed by atoms with Crippen LogP contribution in [0.25, 0.3) is 0 Å². The van der Waals surface area contributed by atoms with Gasteiger partial charge < -0.3 is 9.64 Å². The summed E-state index contributed by atoms with van der Waals surface area (Å²) in [5, 5.41) is 4.62. The first-order valence-electron chi connectivity index (χ1n) is 7.73. The molecule has 0 aliphatic carbocycles. The van der Waals surface area contributed by atoms with Crippen molar-refractivity contribution in [2.24, 2.45) is 7.05 Å². The fourth-order valence-electron chi connectivity index (χ4n) is 2.95. The number of nitrogens with zero attached hydrogens (tertiary/aromatic N) is 7. The summed E-state index contributed by atoms with van der Waals surface area (Å²) in [6.45, 7) is 2.05. The molecule has 0 saturated heterocycles. The first-order valence-corrected chi connectivity index (χ1v) is 7.73. The van der Waals surface area contributed by atoms with E-state index in [2.05, 4.69) is 29.9 Å². The van der Waals surface area contributed by atoms with Gasteiger partial charge in [0.25, 0.3) is 0 Å². The lowest BCUT2D eigenvalue weighted by Gasteiger charge is -2.28. The molecule has 4 rings (SSSR count). The third-order valence-electron chi connectivity index (χ3n) is 4.11. The van der Waals surface area contributed by atoms with Crippen LogP contribution in [0.15, 0.2) is 37.3 Å². The summed E-state index contributed by atoms with van der Waals surface area (Å²) in [5.74, 6) is 1.52. The minimum Gasteiger partial charge on any atom is -0.484 e. The van der Waals surface area contributed by atoms with Gasteiger partial charge in [-0.2, -0.15) is 5.10 Å². The Morgan fingerprint density at radius 2 is 2.00 bits per heavy atom. The summed E-state index contributed by atoms with van der Waals surface area (Å²) in [7, 11) is 1.98. The number of hydrogen-bond donors (Lipinski definition) is 0. The predicted molar refractivity (Wildman–Crippen MR) is 86.4 cm³/mol. The molecule has 24 heavy (non-hydrogen) atoms. The second-order valence-corrected chi connectivity index (χ2v) is 5.59. The molecule has 0 atom stereocenters. The molecule has 0 bridgehead atoms. The minimum absolute atomic E-state index is 0.394. The molecular formula is C16H17N7O. The first-order chi connectivity index (χ1) is 11.8. The number of aryl methyl sites for hydroxylation is 1. The molecule has 0 aromatic carbocycles. The Labute approximate surface area is 139 Å². The van der Waals surface area contributed by atoms with Crippen molar-refractivity contribution < 1.29 is 4.74 Å². The molecule has 0 fully saturated rings. The van der Waals surface area contributed by atoms with E-state index in [9.17, 15) is 0 Å². The molecule has 8 heteroatoms. The highest BCUT2D eigenvalue weighted by molar-refractivity contribution is 5.42. The summed E-state index contributed by atoms with van der Waals surface area (Å²) in [6.07, 6.45) is 10.9. The van der Waals surface area contributed by atoms with Gasteiger partial charge in [-0.3, -0.25) is 9.67 Å². The van der Waals surface area contributed by atoms with E-state index in [0.717, 1.165) is 31.0 Å². The molecule has 0 radical (unpaired) electrons. The van der Waals surface area contributed by atoms with Crippen molar-refractivity contribution in [1.82, 2.24) is 29.7 Å². The van der Waals surface area contributed by atoms with Crippen molar-refractivity contribution in [3.05, 3.63) is 54.3 Å². The second kappa shape index (κ2) is 6.23.